The molecule has 1 heterocycles. The van der Waals surface area contributed by atoms with E-state index < -0.39 is 35.8 Å². The van der Waals surface area contributed by atoms with Gasteiger partial charge in [-0.2, -0.15) is 0 Å². The zero-order valence-corrected chi connectivity index (χ0v) is 21.8. The highest BCUT2D eigenvalue weighted by Crippen LogP contribution is 2.11. The third kappa shape index (κ3) is 9.55. The van der Waals surface area contributed by atoms with Gasteiger partial charge in [-0.3, -0.25) is 24.1 Å². The topological polar surface area (TPSA) is 166 Å². The maximum Gasteiger partial charge on any atom is 0.244 e. The second-order valence-electron chi connectivity index (χ2n) is 9.41. The van der Waals surface area contributed by atoms with Crippen LogP contribution in [0.4, 0.5) is 0 Å². The molecule has 3 atom stereocenters. The Morgan fingerprint density at radius 2 is 1.79 bits per heavy atom. The fourth-order valence-electron chi connectivity index (χ4n) is 4.20. The molecule has 2 aromatic rings. The summed E-state index contributed by atoms with van der Waals surface area (Å²) in [6, 6.07) is 12.9. The Morgan fingerprint density at radius 3 is 2.49 bits per heavy atom. The standard InChI is InChI=1S/C28H36N6O5/c1-2-13-34-14-12-30-27(38)23(16-19-6-4-3-5-7-19)32-25(36)17-31-28(39)24(18-34)33-26(37)22(29)15-20-8-10-21(35)11-9-20/h2-11,22-24,35H,1,12-18,29H2,(H,30,38)(H,31,39)(H,32,36)(H,33,37)/t22-,23-,24?/m0/s1. The minimum absolute atomic E-state index is 0.103. The van der Waals surface area contributed by atoms with Crippen molar-refractivity contribution in [1.82, 2.24) is 26.2 Å². The number of carbonyl (C=O) groups excluding carboxylic acids is 4. The van der Waals surface area contributed by atoms with Crippen LogP contribution in [0.15, 0.2) is 67.3 Å². The van der Waals surface area contributed by atoms with Crippen LogP contribution in [0.1, 0.15) is 11.1 Å². The number of nitrogens with one attached hydrogen (secondary N) is 4. The Morgan fingerprint density at radius 1 is 1.08 bits per heavy atom. The molecule has 39 heavy (non-hydrogen) atoms. The molecule has 0 aliphatic carbocycles. The van der Waals surface area contributed by atoms with Crippen molar-refractivity contribution in [2.24, 2.45) is 5.73 Å². The van der Waals surface area contributed by atoms with Crippen molar-refractivity contribution in [3.8, 4) is 5.75 Å². The molecule has 1 aliphatic rings. The lowest BCUT2D eigenvalue weighted by Gasteiger charge is -2.27. The summed E-state index contributed by atoms with van der Waals surface area (Å²) in [5.41, 5.74) is 7.73. The number of hydrogen-bond acceptors (Lipinski definition) is 7. The monoisotopic (exact) mass is 536 g/mol. The first-order chi connectivity index (χ1) is 18.7. The smallest absolute Gasteiger partial charge is 0.244 e. The number of benzene rings is 2. The van der Waals surface area contributed by atoms with Gasteiger partial charge in [-0.1, -0.05) is 48.5 Å². The number of amides is 4. The molecule has 11 nitrogen and oxygen atoms in total. The Labute approximate surface area is 227 Å². The van der Waals surface area contributed by atoms with Crippen molar-refractivity contribution in [2.75, 3.05) is 32.7 Å². The van der Waals surface area contributed by atoms with Crippen LogP contribution in [0.5, 0.6) is 5.75 Å². The van der Waals surface area contributed by atoms with Crippen LogP contribution in [0.3, 0.4) is 0 Å². The molecule has 0 saturated carbocycles. The van der Waals surface area contributed by atoms with Crippen LogP contribution in [-0.2, 0) is 32.0 Å². The molecule has 11 heteroatoms. The number of phenols is 1. The number of hydrogen-bond donors (Lipinski definition) is 6. The molecule has 3 rings (SSSR count). The predicted molar refractivity (Wildman–Crippen MR) is 146 cm³/mol. The first-order valence-electron chi connectivity index (χ1n) is 12.8. The number of phenolic OH excluding ortho intramolecular Hbond substituents is 1. The van der Waals surface area contributed by atoms with Crippen molar-refractivity contribution in [3.63, 3.8) is 0 Å². The van der Waals surface area contributed by atoms with E-state index in [2.05, 4.69) is 27.8 Å². The maximum atomic E-state index is 13.1. The summed E-state index contributed by atoms with van der Waals surface area (Å²) in [7, 11) is 0. The van der Waals surface area contributed by atoms with Crippen LogP contribution >= 0.6 is 0 Å². The molecule has 0 aromatic heterocycles. The van der Waals surface area contributed by atoms with Gasteiger partial charge < -0.3 is 32.1 Å². The van der Waals surface area contributed by atoms with Crippen molar-refractivity contribution < 1.29 is 24.3 Å². The number of nitrogens with zero attached hydrogens (tertiary/aromatic N) is 1. The molecule has 0 bridgehead atoms. The average Bonchev–Trinajstić information content (AvgIpc) is 2.92. The van der Waals surface area contributed by atoms with Gasteiger partial charge in [0.05, 0.1) is 12.6 Å². The van der Waals surface area contributed by atoms with Crippen molar-refractivity contribution in [1.29, 1.82) is 0 Å². The van der Waals surface area contributed by atoms with Gasteiger partial charge in [0.2, 0.25) is 23.6 Å². The fraction of sp³-hybridized carbons (Fsp3) is 0.357. The third-order valence-electron chi connectivity index (χ3n) is 6.27. The Kier molecular flexibility index (Phi) is 11.0. The van der Waals surface area contributed by atoms with Gasteiger partial charge in [0, 0.05) is 32.6 Å². The Balaban J connectivity index is 1.71. The number of rotatable bonds is 8. The highest BCUT2D eigenvalue weighted by atomic mass is 16.3. The third-order valence-corrected chi connectivity index (χ3v) is 6.27. The maximum absolute atomic E-state index is 13.1. The molecule has 0 radical (unpaired) electrons. The fourth-order valence-corrected chi connectivity index (χ4v) is 4.20. The van der Waals surface area contributed by atoms with Gasteiger partial charge >= 0.3 is 0 Å². The molecule has 1 unspecified atom stereocenters. The normalized spacial score (nSPS) is 20.2. The zero-order valence-electron chi connectivity index (χ0n) is 21.8. The van der Waals surface area contributed by atoms with E-state index >= 15 is 0 Å². The molecule has 1 aliphatic heterocycles. The first-order valence-corrected chi connectivity index (χ1v) is 12.8. The van der Waals surface area contributed by atoms with E-state index in [0.717, 1.165) is 11.1 Å². The SMILES string of the molecule is C=CCN1CCNC(=O)[C@H](Cc2ccccc2)NC(=O)CNC(=O)C(NC(=O)[C@@H](N)Cc2ccc(O)cc2)C1. The summed E-state index contributed by atoms with van der Waals surface area (Å²) in [6.45, 7) is 4.54. The van der Waals surface area contributed by atoms with E-state index in [1.54, 1.807) is 18.2 Å². The predicted octanol–water partition coefficient (Wildman–Crippen LogP) is -0.792. The lowest BCUT2D eigenvalue weighted by Crippen LogP contribution is -2.57. The summed E-state index contributed by atoms with van der Waals surface area (Å²) in [6.07, 6.45) is 2.16. The first kappa shape index (κ1) is 29.3. The second kappa shape index (κ2) is 14.6. The highest BCUT2D eigenvalue weighted by molar-refractivity contribution is 5.93. The molecular weight excluding hydrogens is 500 g/mol. The Hall–Kier alpha value is -4.22. The summed E-state index contributed by atoms with van der Waals surface area (Å²) < 4.78 is 0. The van der Waals surface area contributed by atoms with Gasteiger partial charge in [-0.05, 0) is 29.7 Å². The highest BCUT2D eigenvalue weighted by Gasteiger charge is 2.28. The molecule has 4 amide bonds. The summed E-state index contributed by atoms with van der Waals surface area (Å²) in [5, 5.41) is 20.3. The second-order valence-corrected chi connectivity index (χ2v) is 9.41. The minimum Gasteiger partial charge on any atom is -0.508 e. The van der Waals surface area contributed by atoms with Crippen LogP contribution in [0.25, 0.3) is 0 Å². The van der Waals surface area contributed by atoms with Crippen LogP contribution in [0.2, 0.25) is 0 Å². The quantitative estimate of drug-likeness (QED) is 0.241. The molecule has 1 saturated heterocycles. The van der Waals surface area contributed by atoms with E-state index in [1.807, 2.05) is 35.2 Å². The summed E-state index contributed by atoms with van der Waals surface area (Å²) in [5.74, 6) is -1.85. The molecule has 0 spiro atoms. The van der Waals surface area contributed by atoms with Gasteiger partial charge in [-0.25, -0.2) is 0 Å². The van der Waals surface area contributed by atoms with Crippen molar-refractivity contribution >= 4 is 23.6 Å². The molecule has 7 N–H and O–H groups in total. The largest absolute Gasteiger partial charge is 0.508 e. The van der Waals surface area contributed by atoms with E-state index in [1.165, 1.54) is 12.1 Å². The minimum atomic E-state index is -1.01. The van der Waals surface area contributed by atoms with Gasteiger partial charge in [0.1, 0.15) is 17.8 Å². The van der Waals surface area contributed by atoms with Crippen molar-refractivity contribution in [2.45, 2.75) is 31.0 Å². The van der Waals surface area contributed by atoms with Crippen LogP contribution in [0, 0.1) is 0 Å². The van der Waals surface area contributed by atoms with E-state index in [9.17, 15) is 24.3 Å². The van der Waals surface area contributed by atoms with E-state index in [4.69, 9.17) is 5.73 Å². The number of carbonyl (C=O) groups is 4. The van der Waals surface area contributed by atoms with Crippen molar-refractivity contribution in [3.05, 3.63) is 78.4 Å². The van der Waals surface area contributed by atoms with Crippen LogP contribution in [-0.4, -0.2) is 84.5 Å². The lowest BCUT2D eigenvalue weighted by atomic mass is 10.1. The molecular formula is C28H36N6O5. The zero-order chi connectivity index (χ0) is 28.2. The molecule has 2 aromatic carbocycles. The summed E-state index contributed by atoms with van der Waals surface area (Å²) >= 11 is 0. The van der Waals surface area contributed by atoms with Gasteiger partial charge in [0.15, 0.2) is 0 Å². The lowest BCUT2D eigenvalue weighted by molar-refractivity contribution is -0.131. The summed E-state index contributed by atoms with van der Waals surface area (Å²) in [4.78, 5) is 53.4. The van der Waals surface area contributed by atoms with Gasteiger partial charge in [-0.15, -0.1) is 6.58 Å². The van der Waals surface area contributed by atoms with E-state index in [0.29, 0.717) is 19.5 Å². The number of aromatic hydroxyl groups is 1. The molecule has 1 fully saturated rings. The van der Waals surface area contributed by atoms with Crippen LogP contribution < -0.4 is 27.0 Å². The number of nitrogens with two attached hydrogens (primary N) is 1. The average molecular weight is 537 g/mol. The van der Waals surface area contributed by atoms with E-state index in [-0.39, 0.29) is 37.7 Å². The molecule has 208 valence electrons. The Bertz CT molecular complexity index is 1140. The van der Waals surface area contributed by atoms with Gasteiger partial charge in [0.25, 0.3) is 0 Å².